The number of hydrogen-bond acceptors (Lipinski definition) is 4. The molecule has 2 aromatic carbocycles. The molecular weight excluding hydrogens is 453 g/mol. The van der Waals surface area contributed by atoms with Crippen LogP contribution in [0.2, 0.25) is 0 Å². The molecule has 0 spiro atoms. The molecular formula is C26H26FN3O3S. The highest BCUT2D eigenvalue weighted by Gasteiger charge is 2.32. The summed E-state index contributed by atoms with van der Waals surface area (Å²) in [5, 5.41) is 0. The Morgan fingerprint density at radius 2 is 1.91 bits per heavy atom. The topological polar surface area (TPSA) is 63.9 Å². The van der Waals surface area contributed by atoms with Crippen LogP contribution in [0.1, 0.15) is 30.1 Å². The average molecular weight is 480 g/mol. The van der Waals surface area contributed by atoms with Crippen molar-refractivity contribution in [2.24, 2.45) is 0 Å². The van der Waals surface area contributed by atoms with E-state index in [9.17, 15) is 12.8 Å². The van der Waals surface area contributed by atoms with Crippen LogP contribution in [-0.4, -0.2) is 42.3 Å². The highest BCUT2D eigenvalue weighted by molar-refractivity contribution is 7.88. The fourth-order valence-corrected chi connectivity index (χ4v) is 6.27. The number of benzene rings is 2. The molecule has 0 radical (unpaired) electrons. The van der Waals surface area contributed by atoms with Crippen LogP contribution in [0.5, 0.6) is 5.75 Å². The fraction of sp³-hybridized carbons (Fsp3) is 0.269. The van der Waals surface area contributed by atoms with Gasteiger partial charge in [-0.3, -0.25) is 0 Å². The summed E-state index contributed by atoms with van der Waals surface area (Å²) in [5.41, 5.74) is 2.92. The van der Waals surface area contributed by atoms with Crippen molar-refractivity contribution in [3.63, 3.8) is 0 Å². The summed E-state index contributed by atoms with van der Waals surface area (Å²) in [6, 6.07) is 19.7. The third-order valence-electron chi connectivity index (χ3n) is 6.36. The van der Waals surface area contributed by atoms with Crippen molar-refractivity contribution in [1.82, 2.24) is 13.7 Å². The van der Waals surface area contributed by atoms with Gasteiger partial charge in [-0.25, -0.2) is 22.1 Å². The standard InChI is InChI=1S/C26H26FN3O3S/c1-33-22-11-6-9-19(16-22)25-24-13-4-5-15-30(24)26(28-25)20-10-7-14-29(17-20)34(31,32)18-21-8-2-3-12-23(21)27/h2-6,8-9,11-13,15-16,20H,7,10,14,17-18H2,1H3. The maximum Gasteiger partial charge on any atom is 0.218 e. The highest BCUT2D eigenvalue weighted by Crippen LogP contribution is 2.34. The van der Waals surface area contributed by atoms with Crippen molar-refractivity contribution >= 4 is 15.5 Å². The van der Waals surface area contributed by atoms with Crippen LogP contribution in [0.3, 0.4) is 0 Å². The first kappa shape index (κ1) is 22.6. The second-order valence-electron chi connectivity index (χ2n) is 8.55. The molecule has 34 heavy (non-hydrogen) atoms. The van der Waals surface area contributed by atoms with Crippen LogP contribution >= 0.6 is 0 Å². The van der Waals surface area contributed by atoms with Crippen LogP contribution in [-0.2, 0) is 15.8 Å². The van der Waals surface area contributed by atoms with E-state index in [0.29, 0.717) is 13.1 Å². The number of ether oxygens (including phenoxy) is 1. The quantitative estimate of drug-likeness (QED) is 0.396. The Bertz CT molecular complexity index is 1430. The largest absolute Gasteiger partial charge is 0.497 e. The first-order valence-corrected chi connectivity index (χ1v) is 12.9. The van der Waals surface area contributed by atoms with Crippen LogP contribution in [0.15, 0.2) is 72.9 Å². The second-order valence-corrected chi connectivity index (χ2v) is 10.5. The van der Waals surface area contributed by atoms with Gasteiger partial charge < -0.3 is 9.14 Å². The van der Waals surface area contributed by atoms with Gasteiger partial charge in [0.2, 0.25) is 10.0 Å². The number of halogens is 1. The molecule has 3 heterocycles. The second kappa shape index (κ2) is 9.19. The molecule has 0 aliphatic carbocycles. The Morgan fingerprint density at radius 1 is 1.09 bits per heavy atom. The van der Waals surface area contributed by atoms with Gasteiger partial charge in [0.15, 0.2) is 0 Å². The zero-order valence-corrected chi connectivity index (χ0v) is 19.7. The summed E-state index contributed by atoms with van der Waals surface area (Å²) in [4.78, 5) is 5.00. The number of aromatic nitrogens is 2. The number of imidazole rings is 1. The first-order chi connectivity index (χ1) is 16.5. The van der Waals surface area contributed by atoms with E-state index >= 15 is 0 Å². The van der Waals surface area contributed by atoms with Crippen molar-refractivity contribution in [3.05, 3.63) is 90.1 Å². The molecule has 0 bridgehead atoms. The number of fused-ring (bicyclic) bond motifs is 1. The van der Waals surface area contributed by atoms with Gasteiger partial charge in [0.05, 0.1) is 24.1 Å². The number of piperidine rings is 1. The van der Waals surface area contributed by atoms with E-state index in [2.05, 4.69) is 0 Å². The van der Waals surface area contributed by atoms with Gasteiger partial charge in [-0.05, 0) is 43.2 Å². The van der Waals surface area contributed by atoms with Crippen molar-refractivity contribution in [2.75, 3.05) is 20.2 Å². The summed E-state index contributed by atoms with van der Waals surface area (Å²) in [6.45, 7) is 0.752. The van der Waals surface area contributed by atoms with Gasteiger partial charge in [0.25, 0.3) is 0 Å². The SMILES string of the molecule is COc1cccc(-c2nc(C3CCCN(S(=O)(=O)Cc4ccccc4F)C3)n3ccccc23)c1. The normalized spacial score (nSPS) is 17.2. The summed E-state index contributed by atoms with van der Waals surface area (Å²) in [5.74, 6) is 0.669. The Morgan fingerprint density at radius 3 is 2.74 bits per heavy atom. The van der Waals surface area contributed by atoms with Crippen molar-refractivity contribution in [2.45, 2.75) is 24.5 Å². The Balaban J connectivity index is 1.48. The lowest BCUT2D eigenvalue weighted by atomic mass is 9.99. The molecule has 0 N–H and O–H groups in total. The lowest BCUT2D eigenvalue weighted by Crippen LogP contribution is -2.40. The Labute approximate surface area is 198 Å². The highest BCUT2D eigenvalue weighted by atomic mass is 32.2. The lowest BCUT2D eigenvalue weighted by Gasteiger charge is -2.31. The van der Waals surface area contributed by atoms with Gasteiger partial charge in [0.1, 0.15) is 17.4 Å². The number of nitrogens with zero attached hydrogens (tertiary/aromatic N) is 3. The molecule has 1 atom stereocenters. The monoisotopic (exact) mass is 479 g/mol. The van der Waals surface area contributed by atoms with Gasteiger partial charge in [-0.1, -0.05) is 36.4 Å². The molecule has 176 valence electrons. The third kappa shape index (κ3) is 4.31. The van der Waals surface area contributed by atoms with Gasteiger partial charge in [0, 0.05) is 36.3 Å². The van der Waals surface area contributed by atoms with Crippen LogP contribution in [0, 0.1) is 5.82 Å². The predicted octanol–water partition coefficient (Wildman–Crippen LogP) is 4.86. The van der Waals surface area contributed by atoms with Crippen molar-refractivity contribution in [1.29, 1.82) is 0 Å². The molecule has 1 aliphatic rings. The zero-order valence-electron chi connectivity index (χ0n) is 18.9. The molecule has 0 amide bonds. The summed E-state index contributed by atoms with van der Waals surface area (Å²) in [6.07, 6.45) is 3.52. The Hall–Kier alpha value is -3.23. The molecule has 1 unspecified atom stereocenters. The summed E-state index contributed by atoms with van der Waals surface area (Å²) >= 11 is 0. The Kier molecular flexibility index (Phi) is 6.10. The number of methoxy groups -OCH3 is 1. The number of rotatable bonds is 6. The minimum Gasteiger partial charge on any atom is -0.497 e. The smallest absolute Gasteiger partial charge is 0.218 e. The third-order valence-corrected chi connectivity index (χ3v) is 8.15. The first-order valence-electron chi connectivity index (χ1n) is 11.3. The predicted molar refractivity (Wildman–Crippen MR) is 130 cm³/mol. The molecule has 1 aliphatic heterocycles. The molecule has 1 saturated heterocycles. The summed E-state index contributed by atoms with van der Waals surface area (Å²) in [7, 11) is -2.03. The van der Waals surface area contributed by atoms with E-state index in [1.165, 1.54) is 16.4 Å². The molecule has 4 aromatic rings. The molecule has 0 saturated carbocycles. The van der Waals surface area contributed by atoms with E-state index < -0.39 is 15.8 Å². The number of pyridine rings is 1. The molecule has 1 fully saturated rings. The minimum absolute atomic E-state index is 0.0709. The fourth-order valence-electron chi connectivity index (χ4n) is 4.64. The molecule has 2 aromatic heterocycles. The van der Waals surface area contributed by atoms with Crippen molar-refractivity contribution < 1.29 is 17.5 Å². The molecule has 6 nitrogen and oxygen atoms in total. The van der Waals surface area contributed by atoms with E-state index in [1.54, 1.807) is 19.2 Å². The van der Waals surface area contributed by atoms with E-state index in [-0.39, 0.29) is 17.2 Å². The number of sulfonamides is 1. The maximum atomic E-state index is 14.1. The zero-order chi connectivity index (χ0) is 23.7. The molecule has 8 heteroatoms. The average Bonchev–Trinajstić information content (AvgIpc) is 3.25. The van der Waals surface area contributed by atoms with E-state index in [1.807, 2.05) is 53.1 Å². The van der Waals surface area contributed by atoms with Crippen LogP contribution in [0.4, 0.5) is 4.39 Å². The molecule has 5 rings (SSSR count). The maximum absolute atomic E-state index is 14.1. The van der Waals surface area contributed by atoms with E-state index in [0.717, 1.165) is 41.2 Å². The van der Waals surface area contributed by atoms with Gasteiger partial charge >= 0.3 is 0 Å². The van der Waals surface area contributed by atoms with Gasteiger partial charge in [-0.15, -0.1) is 0 Å². The van der Waals surface area contributed by atoms with Gasteiger partial charge in [-0.2, -0.15) is 0 Å². The van der Waals surface area contributed by atoms with Crippen molar-refractivity contribution in [3.8, 4) is 17.0 Å². The van der Waals surface area contributed by atoms with E-state index in [4.69, 9.17) is 9.72 Å². The number of hydrogen-bond donors (Lipinski definition) is 0. The summed E-state index contributed by atoms with van der Waals surface area (Å²) < 4.78 is 49.4. The van der Waals surface area contributed by atoms with Crippen LogP contribution in [0.25, 0.3) is 16.8 Å². The minimum atomic E-state index is -3.67. The lowest BCUT2D eigenvalue weighted by molar-refractivity contribution is 0.308. The van der Waals surface area contributed by atoms with Crippen LogP contribution < -0.4 is 4.74 Å².